The van der Waals surface area contributed by atoms with Crippen LogP contribution in [0.25, 0.3) is 0 Å². The molecule has 0 radical (unpaired) electrons. The predicted octanol–water partition coefficient (Wildman–Crippen LogP) is 4.12. The number of benzene rings is 2. The second kappa shape index (κ2) is 8.42. The molecule has 0 fully saturated rings. The van der Waals surface area contributed by atoms with Crippen LogP contribution in [0, 0.1) is 13.8 Å². The van der Waals surface area contributed by atoms with Crippen molar-refractivity contribution in [1.82, 2.24) is 0 Å². The van der Waals surface area contributed by atoms with Crippen LogP contribution < -0.4 is 19.5 Å². The number of aryl methyl sites for hydroxylation is 1. The van der Waals surface area contributed by atoms with Gasteiger partial charge in [0.05, 0.1) is 14.2 Å². The average molecular weight is 343 g/mol. The van der Waals surface area contributed by atoms with Crippen LogP contribution in [0.5, 0.6) is 17.2 Å². The molecule has 1 N–H and O–H groups in total. The number of amides is 1. The summed E-state index contributed by atoms with van der Waals surface area (Å²) in [7, 11) is 3.13. The third kappa shape index (κ3) is 4.44. The van der Waals surface area contributed by atoms with E-state index in [4.69, 9.17) is 14.2 Å². The molecular weight excluding hydrogens is 318 g/mol. The van der Waals surface area contributed by atoms with Gasteiger partial charge in [0.25, 0.3) is 5.91 Å². The summed E-state index contributed by atoms with van der Waals surface area (Å²) in [6.07, 6.45) is -0.0134. The third-order valence-electron chi connectivity index (χ3n) is 4.14. The van der Waals surface area contributed by atoms with Crippen LogP contribution in [-0.2, 0) is 4.79 Å². The Labute approximate surface area is 148 Å². The zero-order valence-electron chi connectivity index (χ0n) is 15.4. The number of carbonyl (C=O) groups is 1. The highest BCUT2D eigenvalue weighted by Gasteiger charge is 2.20. The van der Waals surface area contributed by atoms with E-state index in [0.717, 1.165) is 16.9 Å². The molecule has 0 aromatic heterocycles. The quantitative estimate of drug-likeness (QED) is 0.822. The number of carbonyl (C=O) groups excluding carboxylic acids is 1. The lowest BCUT2D eigenvalue weighted by Crippen LogP contribution is -2.32. The monoisotopic (exact) mass is 343 g/mol. The van der Waals surface area contributed by atoms with Crippen molar-refractivity contribution >= 4 is 11.6 Å². The molecule has 25 heavy (non-hydrogen) atoms. The lowest BCUT2D eigenvalue weighted by molar-refractivity contribution is -0.122. The van der Waals surface area contributed by atoms with E-state index in [1.807, 2.05) is 39.0 Å². The molecular formula is C20H25NO4. The van der Waals surface area contributed by atoms with Gasteiger partial charge in [-0.15, -0.1) is 0 Å². The molecule has 0 heterocycles. The average Bonchev–Trinajstić information content (AvgIpc) is 2.62. The fourth-order valence-corrected chi connectivity index (χ4v) is 2.46. The Kier molecular flexibility index (Phi) is 6.28. The molecule has 2 aromatic rings. The van der Waals surface area contributed by atoms with Crippen LogP contribution in [0.1, 0.15) is 24.5 Å². The number of nitrogens with one attached hydrogen (secondary N) is 1. The van der Waals surface area contributed by atoms with Crippen molar-refractivity contribution in [3.05, 3.63) is 47.5 Å². The van der Waals surface area contributed by atoms with Gasteiger partial charge in [-0.25, -0.2) is 0 Å². The normalized spacial score (nSPS) is 11.6. The number of ether oxygens (including phenoxy) is 3. The van der Waals surface area contributed by atoms with Crippen LogP contribution in [0.2, 0.25) is 0 Å². The van der Waals surface area contributed by atoms with Gasteiger partial charge in [-0.1, -0.05) is 19.1 Å². The summed E-state index contributed by atoms with van der Waals surface area (Å²) in [5.74, 6) is 1.70. The Morgan fingerprint density at radius 3 is 2.40 bits per heavy atom. The van der Waals surface area contributed by atoms with Crippen molar-refractivity contribution in [3.8, 4) is 17.2 Å². The number of hydrogen-bond acceptors (Lipinski definition) is 4. The fourth-order valence-electron chi connectivity index (χ4n) is 2.46. The summed E-state index contributed by atoms with van der Waals surface area (Å²) in [5.41, 5.74) is 2.80. The van der Waals surface area contributed by atoms with Crippen LogP contribution in [0.3, 0.4) is 0 Å². The van der Waals surface area contributed by atoms with E-state index in [-0.39, 0.29) is 5.91 Å². The number of anilines is 1. The van der Waals surface area contributed by atoms with Crippen LogP contribution in [0.15, 0.2) is 36.4 Å². The lowest BCUT2D eigenvalue weighted by Gasteiger charge is -2.19. The molecule has 1 atom stereocenters. The first kappa shape index (κ1) is 18.6. The predicted molar refractivity (Wildman–Crippen MR) is 98.8 cm³/mol. The number of hydrogen-bond donors (Lipinski definition) is 1. The van der Waals surface area contributed by atoms with E-state index < -0.39 is 6.10 Å². The summed E-state index contributed by atoms with van der Waals surface area (Å²) in [5, 5.41) is 2.87. The highest BCUT2D eigenvalue weighted by Crippen LogP contribution is 2.30. The second-order valence-corrected chi connectivity index (χ2v) is 5.77. The molecule has 5 nitrogen and oxygen atoms in total. The van der Waals surface area contributed by atoms with Crippen molar-refractivity contribution < 1.29 is 19.0 Å². The Morgan fingerprint density at radius 2 is 1.76 bits per heavy atom. The number of rotatable bonds is 7. The summed E-state index contributed by atoms with van der Waals surface area (Å²) >= 11 is 0. The van der Waals surface area contributed by atoms with Crippen molar-refractivity contribution in [3.63, 3.8) is 0 Å². The van der Waals surface area contributed by atoms with Crippen molar-refractivity contribution in [2.75, 3.05) is 19.5 Å². The van der Waals surface area contributed by atoms with E-state index in [2.05, 4.69) is 5.32 Å². The maximum Gasteiger partial charge on any atom is 0.265 e. The first-order valence-corrected chi connectivity index (χ1v) is 8.25. The van der Waals surface area contributed by atoms with Gasteiger partial charge in [-0.05, 0) is 49.6 Å². The molecule has 2 aromatic carbocycles. The zero-order valence-corrected chi connectivity index (χ0v) is 15.4. The highest BCUT2D eigenvalue weighted by atomic mass is 16.5. The molecule has 0 aliphatic carbocycles. The van der Waals surface area contributed by atoms with E-state index in [1.54, 1.807) is 32.4 Å². The third-order valence-corrected chi connectivity index (χ3v) is 4.14. The molecule has 134 valence electrons. The molecule has 0 aliphatic rings. The Morgan fingerprint density at radius 1 is 1.04 bits per heavy atom. The van der Waals surface area contributed by atoms with Crippen molar-refractivity contribution in [2.24, 2.45) is 0 Å². The van der Waals surface area contributed by atoms with E-state index in [0.29, 0.717) is 23.6 Å². The van der Waals surface area contributed by atoms with Gasteiger partial charge in [0.1, 0.15) is 5.75 Å². The molecule has 1 unspecified atom stereocenters. The fraction of sp³-hybridized carbons (Fsp3) is 0.350. The minimum absolute atomic E-state index is 0.198. The van der Waals surface area contributed by atoms with Gasteiger partial charge in [0.15, 0.2) is 17.6 Å². The molecule has 0 aliphatic heterocycles. The molecule has 2 rings (SSSR count). The van der Waals surface area contributed by atoms with Gasteiger partial charge < -0.3 is 19.5 Å². The first-order valence-electron chi connectivity index (χ1n) is 8.25. The largest absolute Gasteiger partial charge is 0.493 e. The SMILES string of the molecule is CCC(Oc1cccc(C)c1C)C(=O)Nc1ccc(OC)c(OC)c1. The Balaban J connectivity index is 2.13. The standard InChI is InChI=1S/C20H25NO4/c1-6-16(25-17-9-7-8-13(2)14(17)3)20(22)21-15-10-11-18(23-4)19(12-15)24-5/h7-12,16H,6H2,1-5H3,(H,21,22). The second-order valence-electron chi connectivity index (χ2n) is 5.77. The van der Waals surface area contributed by atoms with Gasteiger partial charge in [0, 0.05) is 11.8 Å². The summed E-state index contributed by atoms with van der Waals surface area (Å²) in [6, 6.07) is 11.1. The lowest BCUT2D eigenvalue weighted by atomic mass is 10.1. The molecule has 0 saturated carbocycles. The van der Waals surface area contributed by atoms with Gasteiger partial charge in [-0.2, -0.15) is 0 Å². The molecule has 5 heteroatoms. The number of methoxy groups -OCH3 is 2. The molecule has 0 saturated heterocycles. The topological polar surface area (TPSA) is 56.8 Å². The highest BCUT2D eigenvalue weighted by molar-refractivity contribution is 5.94. The van der Waals surface area contributed by atoms with Crippen LogP contribution in [-0.4, -0.2) is 26.2 Å². The summed E-state index contributed by atoms with van der Waals surface area (Å²) < 4.78 is 16.4. The van der Waals surface area contributed by atoms with Gasteiger partial charge in [-0.3, -0.25) is 4.79 Å². The maximum absolute atomic E-state index is 12.6. The minimum atomic E-state index is -0.575. The van der Waals surface area contributed by atoms with Crippen molar-refractivity contribution in [2.45, 2.75) is 33.3 Å². The Bertz CT molecular complexity index is 742. The van der Waals surface area contributed by atoms with E-state index >= 15 is 0 Å². The summed E-state index contributed by atoms with van der Waals surface area (Å²) in [6.45, 7) is 5.93. The Hall–Kier alpha value is -2.69. The van der Waals surface area contributed by atoms with Crippen LogP contribution >= 0.6 is 0 Å². The van der Waals surface area contributed by atoms with Crippen LogP contribution in [0.4, 0.5) is 5.69 Å². The zero-order chi connectivity index (χ0) is 18.4. The smallest absolute Gasteiger partial charge is 0.265 e. The van der Waals surface area contributed by atoms with E-state index in [1.165, 1.54) is 0 Å². The van der Waals surface area contributed by atoms with Gasteiger partial charge >= 0.3 is 0 Å². The molecule has 0 spiro atoms. The first-order chi connectivity index (χ1) is 12.0. The summed E-state index contributed by atoms with van der Waals surface area (Å²) in [4.78, 5) is 12.6. The van der Waals surface area contributed by atoms with Gasteiger partial charge in [0.2, 0.25) is 0 Å². The van der Waals surface area contributed by atoms with Crippen molar-refractivity contribution in [1.29, 1.82) is 0 Å². The maximum atomic E-state index is 12.6. The minimum Gasteiger partial charge on any atom is -0.493 e. The van der Waals surface area contributed by atoms with E-state index in [9.17, 15) is 4.79 Å². The molecule has 1 amide bonds. The molecule has 0 bridgehead atoms.